The maximum absolute atomic E-state index is 5.44. The van der Waals surface area contributed by atoms with Gasteiger partial charge < -0.3 is 10.1 Å². The van der Waals surface area contributed by atoms with Crippen LogP contribution in [-0.2, 0) is 17.6 Å². The highest BCUT2D eigenvalue weighted by molar-refractivity contribution is 5.30. The zero-order valence-electron chi connectivity index (χ0n) is 10.9. The van der Waals surface area contributed by atoms with E-state index >= 15 is 0 Å². The van der Waals surface area contributed by atoms with E-state index in [-0.39, 0.29) is 0 Å². The Labute approximate surface area is 104 Å². The largest absolute Gasteiger partial charge is 0.380 e. The van der Waals surface area contributed by atoms with E-state index in [0.717, 1.165) is 19.6 Å². The summed E-state index contributed by atoms with van der Waals surface area (Å²) in [6.07, 6.45) is 3.61. The summed E-state index contributed by atoms with van der Waals surface area (Å²) in [4.78, 5) is 0. The quantitative estimate of drug-likeness (QED) is 0.844. The van der Waals surface area contributed by atoms with Crippen molar-refractivity contribution in [3.63, 3.8) is 0 Å². The summed E-state index contributed by atoms with van der Waals surface area (Å²) in [6.45, 7) is 5.87. The average molecular weight is 233 g/mol. The molecule has 1 aliphatic rings. The number of hydrogen-bond donors (Lipinski definition) is 1. The van der Waals surface area contributed by atoms with Gasteiger partial charge >= 0.3 is 0 Å². The Balaban J connectivity index is 1.85. The molecule has 2 heteroatoms. The maximum Gasteiger partial charge on any atom is 0.0616 e. The van der Waals surface area contributed by atoms with Crippen LogP contribution in [0.15, 0.2) is 24.3 Å². The van der Waals surface area contributed by atoms with Crippen molar-refractivity contribution in [2.45, 2.75) is 45.2 Å². The summed E-state index contributed by atoms with van der Waals surface area (Å²) in [5.41, 5.74) is 3.04. The lowest BCUT2D eigenvalue weighted by Crippen LogP contribution is -2.42. The van der Waals surface area contributed by atoms with E-state index in [2.05, 4.69) is 36.5 Å². The highest BCUT2D eigenvalue weighted by atomic mass is 16.5. The van der Waals surface area contributed by atoms with Crippen LogP contribution in [0.2, 0.25) is 0 Å². The highest BCUT2D eigenvalue weighted by Crippen LogP contribution is 2.21. The normalized spacial score (nSPS) is 20.9. The predicted octanol–water partition coefficient (Wildman–Crippen LogP) is 2.56. The molecule has 0 spiro atoms. The minimum absolute atomic E-state index is 0.449. The summed E-state index contributed by atoms with van der Waals surface area (Å²) in [7, 11) is 0. The summed E-state index contributed by atoms with van der Waals surface area (Å²) in [5.74, 6) is 0. The number of hydrogen-bond acceptors (Lipinski definition) is 2. The number of fused-ring (bicyclic) bond motifs is 1. The third-order valence-corrected chi connectivity index (χ3v) is 3.44. The Morgan fingerprint density at radius 3 is 2.88 bits per heavy atom. The van der Waals surface area contributed by atoms with Gasteiger partial charge in [0.15, 0.2) is 0 Å². The van der Waals surface area contributed by atoms with E-state index in [1.165, 1.54) is 24.0 Å². The molecular formula is C15H23NO. The number of benzene rings is 1. The third kappa shape index (κ3) is 3.55. The average Bonchev–Trinajstić information content (AvgIpc) is 2.36. The molecule has 1 aromatic rings. The molecule has 0 radical (unpaired) electrons. The van der Waals surface area contributed by atoms with Gasteiger partial charge in [0.2, 0.25) is 0 Å². The van der Waals surface area contributed by atoms with Gasteiger partial charge in [0, 0.05) is 18.7 Å². The van der Waals surface area contributed by atoms with Crippen LogP contribution in [0.3, 0.4) is 0 Å². The van der Waals surface area contributed by atoms with Crippen LogP contribution in [0, 0.1) is 0 Å². The zero-order chi connectivity index (χ0) is 12.1. The molecule has 94 valence electrons. The predicted molar refractivity (Wildman–Crippen MR) is 71.3 cm³/mol. The Kier molecular flexibility index (Phi) is 4.57. The van der Waals surface area contributed by atoms with E-state index in [1.54, 1.807) is 0 Å². The van der Waals surface area contributed by atoms with Crippen molar-refractivity contribution in [3.05, 3.63) is 35.4 Å². The van der Waals surface area contributed by atoms with Crippen LogP contribution in [0.25, 0.3) is 0 Å². The third-order valence-electron chi connectivity index (χ3n) is 3.44. The van der Waals surface area contributed by atoms with Gasteiger partial charge in [0.25, 0.3) is 0 Å². The molecule has 0 heterocycles. The lowest BCUT2D eigenvalue weighted by molar-refractivity contribution is 0.122. The van der Waals surface area contributed by atoms with Crippen LogP contribution in [0.4, 0.5) is 0 Å². The second-order valence-electron chi connectivity index (χ2n) is 4.94. The fraction of sp³-hybridized carbons (Fsp3) is 0.600. The van der Waals surface area contributed by atoms with Crippen molar-refractivity contribution in [2.75, 3.05) is 13.2 Å². The molecule has 0 saturated carbocycles. The molecule has 2 rings (SSSR count). The van der Waals surface area contributed by atoms with Crippen molar-refractivity contribution >= 4 is 0 Å². The van der Waals surface area contributed by atoms with Crippen molar-refractivity contribution < 1.29 is 4.74 Å². The SMILES string of the molecule is CCOCC(C)NC1CCc2ccccc2C1. The minimum atomic E-state index is 0.449. The van der Waals surface area contributed by atoms with Crippen molar-refractivity contribution in [3.8, 4) is 0 Å². The summed E-state index contributed by atoms with van der Waals surface area (Å²) < 4.78 is 5.44. The van der Waals surface area contributed by atoms with Crippen LogP contribution in [0.1, 0.15) is 31.4 Å². The van der Waals surface area contributed by atoms with Crippen LogP contribution < -0.4 is 5.32 Å². The van der Waals surface area contributed by atoms with Crippen LogP contribution in [-0.4, -0.2) is 25.3 Å². The number of nitrogens with one attached hydrogen (secondary N) is 1. The van der Waals surface area contributed by atoms with Gasteiger partial charge in [-0.05, 0) is 44.2 Å². The molecule has 2 unspecified atom stereocenters. The monoisotopic (exact) mass is 233 g/mol. The summed E-state index contributed by atoms with van der Waals surface area (Å²) >= 11 is 0. The van der Waals surface area contributed by atoms with Crippen LogP contribution >= 0.6 is 0 Å². The summed E-state index contributed by atoms with van der Waals surface area (Å²) in [5, 5.41) is 3.67. The van der Waals surface area contributed by atoms with Gasteiger partial charge in [-0.1, -0.05) is 24.3 Å². The van der Waals surface area contributed by atoms with E-state index in [4.69, 9.17) is 4.74 Å². The molecule has 0 fully saturated rings. The van der Waals surface area contributed by atoms with E-state index in [1.807, 2.05) is 6.92 Å². The fourth-order valence-electron chi connectivity index (χ4n) is 2.59. The molecule has 0 amide bonds. The standard InChI is InChI=1S/C15H23NO/c1-3-17-11-12(2)16-15-9-8-13-6-4-5-7-14(13)10-15/h4-7,12,15-16H,3,8-11H2,1-2H3. The molecule has 1 N–H and O–H groups in total. The van der Waals surface area contributed by atoms with Gasteiger partial charge in [0.1, 0.15) is 0 Å². The van der Waals surface area contributed by atoms with Gasteiger partial charge in [-0.25, -0.2) is 0 Å². The maximum atomic E-state index is 5.44. The molecule has 0 aromatic heterocycles. The molecule has 2 atom stereocenters. The number of rotatable bonds is 5. The first-order chi connectivity index (χ1) is 8.29. The molecule has 1 aromatic carbocycles. The van der Waals surface area contributed by atoms with Gasteiger partial charge in [-0.3, -0.25) is 0 Å². The van der Waals surface area contributed by atoms with Crippen molar-refractivity contribution in [2.24, 2.45) is 0 Å². The van der Waals surface area contributed by atoms with E-state index < -0.39 is 0 Å². The molecule has 1 aliphatic carbocycles. The lowest BCUT2D eigenvalue weighted by atomic mass is 9.88. The Hall–Kier alpha value is -0.860. The van der Waals surface area contributed by atoms with E-state index in [0.29, 0.717) is 12.1 Å². The van der Waals surface area contributed by atoms with Crippen molar-refractivity contribution in [1.29, 1.82) is 0 Å². The second-order valence-corrected chi connectivity index (χ2v) is 4.94. The molecule has 2 nitrogen and oxygen atoms in total. The first-order valence-electron chi connectivity index (χ1n) is 6.70. The topological polar surface area (TPSA) is 21.3 Å². The Morgan fingerprint density at radius 2 is 2.12 bits per heavy atom. The fourth-order valence-corrected chi connectivity index (χ4v) is 2.59. The smallest absolute Gasteiger partial charge is 0.0616 e. The second kappa shape index (κ2) is 6.18. The van der Waals surface area contributed by atoms with Crippen molar-refractivity contribution in [1.82, 2.24) is 5.32 Å². The zero-order valence-corrected chi connectivity index (χ0v) is 10.9. The molecule has 0 aliphatic heterocycles. The minimum Gasteiger partial charge on any atom is -0.380 e. The highest BCUT2D eigenvalue weighted by Gasteiger charge is 2.19. The molecule has 0 bridgehead atoms. The lowest BCUT2D eigenvalue weighted by Gasteiger charge is -2.28. The first kappa shape index (κ1) is 12.6. The molecule has 17 heavy (non-hydrogen) atoms. The number of aryl methyl sites for hydroxylation is 1. The van der Waals surface area contributed by atoms with Gasteiger partial charge in [0.05, 0.1) is 6.61 Å². The Bertz CT molecular complexity index is 351. The Morgan fingerprint density at radius 1 is 1.35 bits per heavy atom. The molecular weight excluding hydrogens is 210 g/mol. The van der Waals surface area contributed by atoms with Crippen LogP contribution in [0.5, 0.6) is 0 Å². The molecule has 0 saturated heterocycles. The van der Waals surface area contributed by atoms with Gasteiger partial charge in [-0.15, -0.1) is 0 Å². The van der Waals surface area contributed by atoms with E-state index in [9.17, 15) is 0 Å². The first-order valence-corrected chi connectivity index (χ1v) is 6.70. The number of ether oxygens (including phenoxy) is 1. The van der Waals surface area contributed by atoms with Gasteiger partial charge in [-0.2, -0.15) is 0 Å². The summed E-state index contributed by atoms with van der Waals surface area (Å²) in [6, 6.07) is 9.87.